The molecule has 1 saturated heterocycles. The molecule has 6 heteroatoms. The lowest BCUT2D eigenvalue weighted by Gasteiger charge is -2.20. The zero-order valence-corrected chi connectivity index (χ0v) is 11.8. The molecule has 1 aliphatic heterocycles. The molecule has 0 bridgehead atoms. The topological polar surface area (TPSA) is 77.2 Å². The van der Waals surface area contributed by atoms with Gasteiger partial charge in [0, 0.05) is 24.9 Å². The van der Waals surface area contributed by atoms with E-state index in [1.54, 1.807) is 18.3 Å². The molecule has 0 radical (unpaired) electrons. The maximum Gasteiger partial charge on any atom is 0.251 e. The van der Waals surface area contributed by atoms with E-state index in [-0.39, 0.29) is 30.5 Å². The van der Waals surface area contributed by atoms with Crippen molar-refractivity contribution in [3.63, 3.8) is 0 Å². The van der Waals surface area contributed by atoms with Crippen LogP contribution in [0.1, 0.15) is 35.8 Å². The normalized spacial score (nSPS) is 19.6. The van der Waals surface area contributed by atoms with Gasteiger partial charge >= 0.3 is 0 Å². The molecule has 1 fully saturated rings. The van der Waals surface area contributed by atoms with Crippen molar-refractivity contribution in [2.24, 2.45) is 5.73 Å². The van der Waals surface area contributed by atoms with Gasteiger partial charge in [-0.2, -0.15) is 0 Å². The summed E-state index contributed by atoms with van der Waals surface area (Å²) < 4.78 is 5.55. The number of carbonyl (C=O) groups excluding carboxylic acids is 1. The van der Waals surface area contributed by atoms with Gasteiger partial charge in [-0.1, -0.05) is 0 Å². The van der Waals surface area contributed by atoms with Gasteiger partial charge in [-0.15, -0.1) is 12.4 Å². The van der Waals surface area contributed by atoms with E-state index in [4.69, 9.17) is 10.5 Å². The Kier molecular flexibility index (Phi) is 6.21. The van der Waals surface area contributed by atoms with Crippen molar-refractivity contribution >= 4 is 18.3 Å². The van der Waals surface area contributed by atoms with Crippen LogP contribution in [0.4, 0.5) is 0 Å². The molecule has 19 heavy (non-hydrogen) atoms. The summed E-state index contributed by atoms with van der Waals surface area (Å²) in [7, 11) is 0. The van der Waals surface area contributed by atoms with Gasteiger partial charge in [0.05, 0.1) is 17.8 Å². The average molecular weight is 286 g/mol. The quantitative estimate of drug-likeness (QED) is 0.873. The number of nitrogens with zero attached hydrogens (tertiary/aromatic N) is 1. The van der Waals surface area contributed by atoms with Crippen molar-refractivity contribution in [3.8, 4) is 0 Å². The minimum Gasteiger partial charge on any atom is -0.376 e. The Labute approximate surface area is 119 Å². The maximum atomic E-state index is 12.0. The van der Waals surface area contributed by atoms with Gasteiger partial charge in [0.15, 0.2) is 0 Å². The summed E-state index contributed by atoms with van der Waals surface area (Å²) in [5.74, 6) is -0.102. The van der Waals surface area contributed by atoms with E-state index in [9.17, 15) is 4.79 Å². The number of carbonyl (C=O) groups is 1. The van der Waals surface area contributed by atoms with E-state index in [1.165, 1.54) is 0 Å². The first-order valence-electron chi connectivity index (χ1n) is 6.28. The molecular weight excluding hydrogens is 266 g/mol. The zero-order valence-electron chi connectivity index (χ0n) is 11.0. The van der Waals surface area contributed by atoms with E-state index in [2.05, 4.69) is 10.3 Å². The van der Waals surface area contributed by atoms with E-state index in [1.807, 2.05) is 6.92 Å². The fraction of sp³-hybridized carbons (Fsp3) is 0.538. The molecular formula is C13H20ClN3O2. The first-order chi connectivity index (χ1) is 8.70. The number of aromatic nitrogens is 1. The minimum absolute atomic E-state index is 0. The third-order valence-corrected chi connectivity index (χ3v) is 3.17. The number of pyridine rings is 1. The Balaban J connectivity index is 0.00000180. The number of hydrogen-bond acceptors (Lipinski definition) is 4. The molecule has 0 aromatic carbocycles. The second-order valence-corrected chi connectivity index (χ2v) is 4.55. The number of rotatable bonds is 4. The van der Waals surface area contributed by atoms with Crippen LogP contribution in [0.25, 0.3) is 0 Å². The van der Waals surface area contributed by atoms with Crippen LogP contribution < -0.4 is 11.1 Å². The monoisotopic (exact) mass is 285 g/mol. The maximum absolute atomic E-state index is 12.0. The lowest BCUT2D eigenvalue weighted by atomic mass is 10.1. The van der Waals surface area contributed by atoms with Crippen molar-refractivity contribution in [3.05, 3.63) is 29.6 Å². The Hall–Kier alpha value is -1.17. The SMILES string of the molecule is CC(NC(=O)c1ccnc(CN)c1)C1CCCO1.Cl. The van der Waals surface area contributed by atoms with Crippen molar-refractivity contribution < 1.29 is 9.53 Å². The molecule has 5 nitrogen and oxygen atoms in total. The second kappa shape index (κ2) is 7.43. The molecule has 1 aliphatic rings. The summed E-state index contributed by atoms with van der Waals surface area (Å²) in [5.41, 5.74) is 6.81. The van der Waals surface area contributed by atoms with Crippen LogP contribution in [0, 0.1) is 0 Å². The van der Waals surface area contributed by atoms with Gasteiger partial charge in [-0.25, -0.2) is 0 Å². The number of amides is 1. The van der Waals surface area contributed by atoms with Crippen LogP contribution in [-0.4, -0.2) is 29.6 Å². The van der Waals surface area contributed by atoms with Crippen LogP contribution in [0.3, 0.4) is 0 Å². The molecule has 0 saturated carbocycles. The summed E-state index contributed by atoms with van der Waals surface area (Å²) in [4.78, 5) is 16.1. The Bertz CT molecular complexity index is 422. The predicted octanol–water partition coefficient (Wildman–Crippen LogP) is 1.26. The summed E-state index contributed by atoms with van der Waals surface area (Å²) in [6.45, 7) is 3.10. The van der Waals surface area contributed by atoms with Crippen LogP contribution >= 0.6 is 12.4 Å². The zero-order chi connectivity index (χ0) is 13.0. The number of hydrogen-bond donors (Lipinski definition) is 2. The third kappa shape index (κ3) is 4.16. The highest BCUT2D eigenvalue weighted by molar-refractivity contribution is 5.94. The molecule has 0 aliphatic carbocycles. The van der Waals surface area contributed by atoms with Crippen molar-refractivity contribution in [1.29, 1.82) is 0 Å². The molecule has 106 valence electrons. The minimum atomic E-state index is -0.102. The summed E-state index contributed by atoms with van der Waals surface area (Å²) in [6.07, 6.45) is 3.81. The van der Waals surface area contributed by atoms with Gasteiger partial charge in [0.25, 0.3) is 5.91 Å². The van der Waals surface area contributed by atoms with Gasteiger partial charge in [-0.05, 0) is 31.9 Å². The molecule has 2 rings (SSSR count). The molecule has 1 amide bonds. The first-order valence-corrected chi connectivity index (χ1v) is 6.28. The highest BCUT2D eigenvalue weighted by Gasteiger charge is 2.23. The fourth-order valence-corrected chi connectivity index (χ4v) is 2.11. The van der Waals surface area contributed by atoms with Crippen LogP contribution in [-0.2, 0) is 11.3 Å². The fourth-order valence-electron chi connectivity index (χ4n) is 2.11. The van der Waals surface area contributed by atoms with Crippen molar-refractivity contribution in [1.82, 2.24) is 10.3 Å². The largest absolute Gasteiger partial charge is 0.376 e. The predicted molar refractivity (Wildman–Crippen MR) is 75.3 cm³/mol. The molecule has 2 atom stereocenters. The Morgan fingerprint density at radius 1 is 1.68 bits per heavy atom. The molecule has 1 aromatic heterocycles. The molecule has 1 aromatic rings. The highest BCUT2D eigenvalue weighted by atomic mass is 35.5. The van der Waals surface area contributed by atoms with Gasteiger partial charge < -0.3 is 15.8 Å². The van der Waals surface area contributed by atoms with Crippen LogP contribution in [0.15, 0.2) is 18.3 Å². The van der Waals surface area contributed by atoms with Crippen molar-refractivity contribution in [2.75, 3.05) is 6.61 Å². The molecule has 3 N–H and O–H groups in total. The smallest absolute Gasteiger partial charge is 0.251 e. The molecule has 2 unspecified atom stereocenters. The lowest BCUT2D eigenvalue weighted by molar-refractivity contribution is 0.0712. The van der Waals surface area contributed by atoms with Crippen LogP contribution in [0.2, 0.25) is 0 Å². The van der Waals surface area contributed by atoms with Gasteiger partial charge in [0.1, 0.15) is 0 Å². The van der Waals surface area contributed by atoms with E-state index in [0.717, 1.165) is 19.4 Å². The van der Waals surface area contributed by atoms with Gasteiger partial charge in [0.2, 0.25) is 0 Å². The molecule has 0 spiro atoms. The molecule has 2 heterocycles. The van der Waals surface area contributed by atoms with Crippen molar-refractivity contribution in [2.45, 2.75) is 38.5 Å². The number of nitrogens with one attached hydrogen (secondary N) is 1. The second-order valence-electron chi connectivity index (χ2n) is 4.55. The highest BCUT2D eigenvalue weighted by Crippen LogP contribution is 2.15. The first kappa shape index (κ1) is 15.9. The van der Waals surface area contributed by atoms with E-state index >= 15 is 0 Å². The number of ether oxygens (including phenoxy) is 1. The Morgan fingerprint density at radius 3 is 3.11 bits per heavy atom. The van der Waals surface area contributed by atoms with E-state index < -0.39 is 0 Å². The Morgan fingerprint density at radius 2 is 2.47 bits per heavy atom. The standard InChI is InChI=1S/C13H19N3O2.ClH/c1-9(12-3-2-6-18-12)16-13(17)10-4-5-15-11(7-10)8-14;/h4-5,7,9,12H,2-3,6,8,14H2,1H3,(H,16,17);1H. The van der Waals surface area contributed by atoms with Gasteiger partial charge in [-0.3, -0.25) is 9.78 Å². The lowest BCUT2D eigenvalue weighted by Crippen LogP contribution is -2.40. The summed E-state index contributed by atoms with van der Waals surface area (Å²) >= 11 is 0. The third-order valence-electron chi connectivity index (χ3n) is 3.17. The van der Waals surface area contributed by atoms with E-state index in [0.29, 0.717) is 17.8 Å². The van der Waals surface area contributed by atoms with Crippen LogP contribution in [0.5, 0.6) is 0 Å². The summed E-state index contributed by atoms with van der Waals surface area (Å²) in [5, 5.41) is 2.96. The number of halogens is 1. The average Bonchev–Trinajstić information content (AvgIpc) is 2.92. The summed E-state index contributed by atoms with van der Waals surface area (Å²) in [6, 6.07) is 3.43. The number of nitrogens with two attached hydrogens (primary N) is 1.